The highest BCUT2D eigenvalue weighted by Gasteiger charge is 2.17. The van der Waals surface area contributed by atoms with Crippen LogP contribution in [0.15, 0.2) is 18.2 Å². The summed E-state index contributed by atoms with van der Waals surface area (Å²) >= 11 is 0. The van der Waals surface area contributed by atoms with Crippen LogP contribution in [0.4, 0.5) is 11.4 Å². The third kappa shape index (κ3) is 4.47. The molecular weight excluding hydrogens is 258 g/mol. The Bertz CT molecular complexity index is 438. The summed E-state index contributed by atoms with van der Waals surface area (Å²) in [6.45, 7) is 7.02. The van der Waals surface area contributed by atoms with Crippen molar-refractivity contribution in [3.05, 3.63) is 33.9 Å². The van der Waals surface area contributed by atoms with E-state index in [2.05, 4.69) is 10.2 Å². The summed E-state index contributed by atoms with van der Waals surface area (Å²) in [7, 11) is 0. The van der Waals surface area contributed by atoms with Crippen LogP contribution < -0.4 is 5.32 Å². The maximum Gasteiger partial charge on any atom is 0.292 e. The van der Waals surface area contributed by atoms with Crippen molar-refractivity contribution in [3.63, 3.8) is 0 Å². The minimum absolute atomic E-state index is 0.113. The Hall–Kier alpha value is -1.66. The Kier molecular flexibility index (Phi) is 6.97. The van der Waals surface area contributed by atoms with Crippen molar-refractivity contribution >= 4 is 11.4 Å². The molecule has 1 aromatic rings. The summed E-state index contributed by atoms with van der Waals surface area (Å²) in [4.78, 5) is 12.9. The molecular formula is C14H23N3O3. The number of aliphatic hydroxyl groups is 1. The van der Waals surface area contributed by atoms with Crippen molar-refractivity contribution in [1.82, 2.24) is 4.90 Å². The first-order valence-corrected chi connectivity index (χ1v) is 6.97. The fraction of sp³-hybridized carbons (Fsp3) is 0.571. The molecule has 20 heavy (non-hydrogen) atoms. The molecule has 0 heterocycles. The molecule has 0 bridgehead atoms. The van der Waals surface area contributed by atoms with Crippen LogP contribution in [0.5, 0.6) is 0 Å². The number of hydrogen-bond donors (Lipinski definition) is 2. The van der Waals surface area contributed by atoms with Crippen LogP contribution in [-0.2, 0) is 6.54 Å². The Morgan fingerprint density at radius 3 is 2.70 bits per heavy atom. The fourth-order valence-corrected chi connectivity index (χ4v) is 2.14. The molecule has 1 rings (SSSR count). The van der Waals surface area contributed by atoms with E-state index in [-0.39, 0.29) is 17.2 Å². The monoisotopic (exact) mass is 281 g/mol. The summed E-state index contributed by atoms with van der Waals surface area (Å²) in [6, 6.07) is 5.15. The van der Waals surface area contributed by atoms with Crippen LogP contribution in [-0.4, -0.2) is 41.2 Å². The van der Waals surface area contributed by atoms with E-state index < -0.39 is 0 Å². The normalized spacial score (nSPS) is 10.8. The van der Waals surface area contributed by atoms with Gasteiger partial charge in [0.2, 0.25) is 0 Å². The SMILES string of the molecule is CCNc1c(CN(CC)CCCO)cccc1[N+](=O)[O-]. The predicted molar refractivity (Wildman–Crippen MR) is 79.9 cm³/mol. The van der Waals surface area contributed by atoms with Crippen molar-refractivity contribution in [2.45, 2.75) is 26.8 Å². The second kappa shape index (κ2) is 8.50. The lowest BCUT2D eigenvalue weighted by molar-refractivity contribution is -0.384. The number of anilines is 1. The van der Waals surface area contributed by atoms with Gasteiger partial charge in [-0.05, 0) is 25.5 Å². The van der Waals surface area contributed by atoms with Gasteiger partial charge in [0.05, 0.1) is 4.92 Å². The number of rotatable bonds is 9. The van der Waals surface area contributed by atoms with E-state index in [0.717, 1.165) is 18.7 Å². The highest BCUT2D eigenvalue weighted by atomic mass is 16.6. The summed E-state index contributed by atoms with van der Waals surface area (Å²) in [5, 5.41) is 23.1. The van der Waals surface area contributed by atoms with Crippen molar-refractivity contribution in [2.24, 2.45) is 0 Å². The van der Waals surface area contributed by atoms with Crippen molar-refractivity contribution in [1.29, 1.82) is 0 Å². The Morgan fingerprint density at radius 2 is 2.15 bits per heavy atom. The molecule has 1 aromatic carbocycles. The van der Waals surface area contributed by atoms with E-state index >= 15 is 0 Å². The summed E-state index contributed by atoms with van der Waals surface area (Å²) in [5.41, 5.74) is 1.63. The van der Waals surface area contributed by atoms with Crippen molar-refractivity contribution in [2.75, 3.05) is 31.6 Å². The van der Waals surface area contributed by atoms with E-state index in [1.807, 2.05) is 19.9 Å². The van der Waals surface area contributed by atoms with Gasteiger partial charge in [0.15, 0.2) is 0 Å². The van der Waals surface area contributed by atoms with E-state index in [9.17, 15) is 10.1 Å². The largest absolute Gasteiger partial charge is 0.396 e. The minimum Gasteiger partial charge on any atom is -0.396 e. The van der Waals surface area contributed by atoms with Crippen LogP contribution in [0.25, 0.3) is 0 Å². The third-order valence-electron chi connectivity index (χ3n) is 3.15. The van der Waals surface area contributed by atoms with Gasteiger partial charge in [0.1, 0.15) is 5.69 Å². The molecule has 6 nitrogen and oxygen atoms in total. The van der Waals surface area contributed by atoms with E-state index in [1.165, 1.54) is 6.07 Å². The smallest absolute Gasteiger partial charge is 0.292 e. The Morgan fingerprint density at radius 1 is 1.40 bits per heavy atom. The molecule has 0 fully saturated rings. The molecule has 0 aliphatic carbocycles. The van der Waals surface area contributed by atoms with Gasteiger partial charge in [0, 0.05) is 32.3 Å². The van der Waals surface area contributed by atoms with Gasteiger partial charge >= 0.3 is 0 Å². The number of hydrogen-bond acceptors (Lipinski definition) is 5. The van der Waals surface area contributed by atoms with Gasteiger partial charge in [-0.1, -0.05) is 19.1 Å². The van der Waals surface area contributed by atoms with Crippen molar-refractivity contribution < 1.29 is 10.0 Å². The minimum atomic E-state index is -0.356. The van der Waals surface area contributed by atoms with Crippen LogP contribution in [0, 0.1) is 10.1 Å². The second-order valence-electron chi connectivity index (χ2n) is 4.54. The van der Waals surface area contributed by atoms with Gasteiger partial charge in [-0.15, -0.1) is 0 Å². The molecule has 0 saturated carbocycles. The topological polar surface area (TPSA) is 78.6 Å². The first kappa shape index (κ1) is 16.4. The zero-order chi connectivity index (χ0) is 15.0. The third-order valence-corrected chi connectivity index (χ3v) is 3.15. The molecule has 0 radical (unpaired) electrons. The lowest BCUT2D eigenvalue weighted by Gasteiger charge is -2.21. The van der Waals surface area contributed by atoms with Crippen LogP contribution in [0.1, 0.15) is 25.8 Å². The van der Waals surface area contributed by atoms with Crippen LogP contribution >= 0.6 is 0 Å². The highest BCUT2D eigenvalue weighted by molar-refractivity contribution is 5.66. The molecule has 0 aliphatic rings. The molecule has 0 aromatic heterocycles. The fourth-order valence-electron chi connectivity index (χ4n) is 2.14. The number of nitro groups is 1. The van der Waals surface area contributed by atoms with Gasteiger partial charge in [-0.2, -0.15) is 0 Å². The standard InChI is InChI=1S/C14H23N3O3/c1-3-15-14-12(7-5-8-13(14)17(19)20)11-16(4-2)9-6-10-18/h5,7-8,15,18H,3-4,6,9-11H2,1-2H3. The quantitative estimate of drug-likeness (QED) is 0.536. The molecule has 112 valence electrons. The van der Waals surface area contributed by atoms with E-state index in [1.54, 1.807) is 6.07 Å². The molecule has 0 amide bonds. The molecule has 0 unspecified atom stereocenters. The molecule has 2 N–H and O–H groups in total. The first-order valence-electron chi connectivity index (χ1n) is 6.97. The summed E-state index contributed by atoms with van der Waals surface area (Å²) < 4.78 is 0. The van der Waals surface area contributed by atoms with Gasteiger partial charge in [0.25, 0.3) is 5.69 Å². The molecule has 0 saturated heterocycles. The van der Waals surface area contributed by atoms with Gasteiger partial charge < -0.3 is 10.4 Å². The number of para-hydroxylation sites is 1. The Balaban J connectivity index is 2.97. The first-order chi connectivity index (χ1) is 9.63. The average Bonchev–Trinajstić information content (AvgIpc) is 2.44. The zero-order valence-electron chi connectivity index (χ0n) is 12.1. The number of benzene rings is 1. The van der Waals surface area contributed by atoms with Gasteiger partial charge in [-0.3, -0.25) is 15.0 Å². The number of nitrogens with zero attached hydrogens (tertiary/aromatic N) is 2. The lowest BCUT2D eigenvalue weighted by Crippen LogP contribution is -2.25. The average molecular weight is 281 g/mol. The molecule has 0 atom stereocenters. The van der Waals surface area contributed by atoms with Crippen molar-refractivity contribution in [3.8, 4) is 0 Å². The Labute approximate surface area is 119 Å². The predicted octanol–water partition coefficient (Wildman–Crippen LogP) is 2.23. The zero-order valence-corrected chi connectivity index (χ0v) is 12.1. The van der Waals surface area contributed by atoms with E-state index in [4.69, 9.17) is 5.11 Å². The summed E-state index contributed by atoms with van der Waals surface area (Å²) in [5.74, 6) is 0. The van der Waals surface area contributed by atoms with Crippen LogP contribution in [0.3, 0.4) is 0 Å². The number of nitro benzene ring substituents is 1. The molecule has 0 aliphatic heterocycles. The van der Waals surface area contributed by atoms with Gasteiger partial charge in [-0.25, -0.2) is 0 Å². The molecule has 6 heteroatoms. The number of nitrogens with one attached hydrogen (secondary N) is 1. The second-order valence-corrected chi connectivity index (χ2v) is 4.54. The maximum atomic E-state index is 11.1. The summed E-state index contributed by atoms with van der Waals surface area (Å²) in [6.07, 6.45) is 0.708. The number of aliphatic hydroxyl groups excluding tert-OH is 1. The molecule has 0 spiro atoms. The maximum absolute atomic E-state index is 11.1. The highest BCUT2D eigenvalue weighted by Crippen LogP contribution is 2.29. The van der Waals surface area contributed by atoms with Crippen LogP contribution in [0.2, 0.25) is 0 Å². The van der Waals surface area contributed by atoms with E-state index in [0.29, 0.717) is 25.2 Å². The lowest BCUT2D eigenvalue weighted by atomic mass is 10.1.